The van der Waals surface area contributed by atoms with Crippen LogP contribution >= 0.6 is 0 Å². The second-order valence-electron chi connectivity index (χ2n) is 5.04. The largest absolute Gasteiger partial charge is 0.401 e. The van der Waals surface area contributed by atoms with E-state index in [2.05, 4.69) is 56.0 Å². The van der Waals surface area contributed by atoms with Gasteiger partial charge in [0.25, 0.3) is 0 Å². The maximum atomic E-state index is 5.96. The van der Waals surface area contributed by atoms with E-state index in [1.165, 1.54) is 11.3 Å². The van der Waals surface area contributed by atoms with Gasteiger partial charge in [0.15, 0.2) is 0 Å². The first-order chi connectivity index (χ1) is 6.98. The van der Waals surface area contributed by atoms with Gasteiger partial charge in [0.2, 0.25) is 0 Å². The number of nitrogens with two attached hydrogens (primary N) is 1. The first-order valence-corrected chi connectivity index (χ1v) is 5.31. The van der Waals surface area contributed by atoms with Crippen molar-refractivity contribution in [3.63, 3.8) is 0 Å². The molecule has 1 heterocycles. The van der Waals surface area contributed by atoms with Crippen molar-refractivity contribution in [2.24, 2.45) is 5.73 Å². The third-order valence-electron chi connectivity index (χ3n) is 2.72. The molecule has 15 heavy (non-hydrogen) atoms. The van der Waals surface area contributed by atoms with Gasteiger partial charge >= 0.3 is 0 Å². The number of nitrogens with zero attached hydrogens (tertiary/aromatic N) is 1. The quantitative estimate of drug-likeness (QED) is 0.700. The molecule has 0 spiro atoms. The minimum Gasteiger partial charge on any atom is -0.401 e. The molecule has 80 valence electrons. The number of hydrogen-bond acceptors (Lipinski definition) is 2. The molecule has 0 fully saturated rings. The van der Waals surface area contributed by atoms with Crippen molar-refractivity contribution in [1.82, 2.24) is 0 Å². The predicted molar refractivity (Wildman–Crippen MR) is 65.7 cm³/mol. The average Bonchev–Trinajstić information content (AvgIpc) is 2.15. The second-order valence-corrected chi connectivity index (χ2v) is 5.04. The molecule has 2 heteroatoms. The van der Waals surface area contributed by atoms with Crippen LogP contribution in [0.15, 0.2) is 30.0 Å². The van der Waals surface area contributed by atoms with E-state index in [0.29, 0.717) is 0 Å². The summed E-state index contributed by atoms with van der Waals surface area (Å²) in [4.78, 5) is 2.34. The van der Waals surface area contributed by atoms with Crippen LogP contribution in [-0.4, -0.2) is 12.1 Å². The Bertz CT molecular complexity index is 399. The topological polar surface area (TPSA) is 29.3 Å². The Kier molecular flexibility index (Phi) is 2.22. The average molecular weight is 202 g/mol. The molecule has 0 saturated carbocycles. The van der Waals surface area contributed by atoms with E-state index in [0.717, 1.165) is 12.2 Å². The van der Waals surface area contributed by atoms with Gasteiger partial charge < -0.3 is 10.6 Å². The fraction of sp³-hybridized carbons (Fsp3) is 0.385. The SMILES string of the molecule is CC(C)(C)N1CC(N)=Cc2ccccc21. The van der Waals surface area contributed by atoms with Crippen LogP contribution in [0, 0.1) is 0 Å². The van der Waals surface area contributed by atoms with Crippen molar-refractivity contribution in [1.29, 1.82) is 0 Å². The summed E-state index contributed by atoms with van der Waals surface area (Å²) in [6, 6.07) is 8.39. The summed E-state index contributed by atoms with van der Waals surface area (Å²) in [5.41, 5.74) is 9.49. The molecule has 1 aliphatic rings. The normalized spacial score (nSPS) is 15.9. The van der Waals surface area contributed by atoms with Crippen molar-refractivity contribution >= 4 is 11.8 Å². The molecule has 2 N–H and O–H groups in total. The van der Waals surface area contributed by atoms with Gasteiger partial charge in [0, 0.05) is 16.9 Å². The molecule has 2 rings (SSSR count). The van der Waals surface area contributed by atoms with Gasteiger partial charge in [0.05, 0.1) is 6.54 Å². The Morgan fingerprint density at radius 2 is 1.87 bits per heavy atom. The summed E-state index contributed by atoms with van der Waals surface area (Å²) in [6.07, 6.45) is 2.07. The smallest absolute Gasteiger partial charge is 0.0580 e. The van der Waals surface area contributed by atoms with E-state index in [1.807, 2.05) is 0 Å². The Morgan fingerprint density at radius 3 is 2.53 bits per heavy atom. The van der Waals surface area contributed by atoms with Crippen LogP contribution in [0.2, 0.25) is 0 Å². The van der Waals surface area contributed by atoms with Crippen molar-refractivity contribution in [2.75, 3.05) is 11.4 Å². The molecule has 0 aromatic heterocycles. The number of para-hydroxylation sites is 1. The zero-order valence-corrected chi connectivity index (χ0v) is 9.62. The zero-order chi connectivity index (χ0) is 11.1. The molecule has 0 atom stereocenters. The van der Waals surface area contributed by atoms with Gasteiger partial charge in [0.1, 0.15) is 0 Å². The fourth-order valence-corrected chi connectivity index (χ4v) is 1.97. The maximum Gasteiger partial charge on any atom is 0.0580 e. The maximum absolute atomic E-state index is 5.96. The van der Waals surface area contributed by atoms with Crippen molar-refractivity contribution in [3.8, 4) is 0 Å². The first-order valence-electron chi connectivity index (χ1n) is 5.31. The van der Waals surface area contributed by atoms with E-state index in [-0.39, 0.29) is 5.54 Å². The van der Waals surface area contributed by atoms with Crippen LogP contribution in [-0.2, 0) is 0 Å². The Balaban J connectivity index is 2.51. The van der Waals surface area contributed by atoms with E-state index < -0.39 is 0 Å². The minimum atomic E-state index is 0.106. The van der Waals surface area contributed by atoms with Gasteiger partial charge in [-0.1, -0.05) is 18.2 Å². The highest BCUT2D eigenvalue weighted by Gasteiger charge is 2.25. The van der Waals surface area contributed by atoms with Crippen molar-refractivity contribution in [3.05, 3.63) is 35.5 Å². The predicted octanol–water partition coefficient (Wildman–Crippen LogP) is 2.60. The van der Waals surface area contributed by atoms with Gasteiger partial charge in [-0.3, -0.25) is 0 Å². The lowest BCUT2D eigenvalue weighted by atomic mass is 9.98. The lowest BCUT2D eigenvalue weighted by Crippen LogP contribution is -2.45. The number of fused-ring (bicyclic) bond motifs is 1. The Hall–Kier alpha value is -1.44. The zero-order valence-electron chi connectivity index (χ0n) is 9.62. The van der Waals surface area contributed by atoms with Gasteiger partial charge in [-0.05, 0) is 38.5 Å². The molecular formula is C13H18N2. The lowest BCUT2D eigenvalue weighted by Gasteiger charge is -2.40. The van der Waals surface area contributed by atoms with Crippen LogP contribution in [0.1, 0.15) is 26.3 Å². The van der Waals surface area contributed by atoms with Gasteiger partial charge in [-0.2, -0.15) is 0 Å². The highest BCUT2D eigenvalue weighted by Crippen LogP contribution is 2.32. The number of rotatable bonds is 0. The molecule has 0 bridgehead atoms. The molecule has 0 amide bonds. The van der Waals surface area contributed by atoms with E-state index in [1.54, 1.807) is 0 Å². The van der Waals surface area contributed by atoms with Crippen LogP contribution in [0.5, 0.6) is 0 Å². The summed E-state index contributed by atoms with van der Waals surface area (Å²) in [5, 5.41) is 0. The molecular weight excluding hydrogens is 184 g/mol. The van der Waals surface area contributed by atoms with Crippen molar-refractivity contribution in [2.45, 2.75) is 26.3 Å². The molecule has 1 aromatic carbocycles. The van der Waals surface area contributed by atoms with Crippen LogP contribution < -0.4 is 10.6 Å². The Labute approximate surface area is 91.4 Å². The molecule has 1 aliphatic heterocycles. The highest BCUT2D eigenvalue weighted by atomic mass is 15.2. The summed E-state index contributed by atoms with van der Waals surface area (Å²) < 4.78 is 0. The monoisotopic (exact) mass is 202 g/mol. The minimum absolute atomic E-state index is 0.106. The first kappa shape index (κ1) is 10.1. The van der Waals surface area contributed by atoms with Gasteiger partial charge in [-0.15, -0.1) is 0 Å². The fourth-order valence-electron chi connectivity index (χ4n) is 1.97. The molecule has 1 aromatic rings. The number of hydrogen-bond donors (Lipinski definition) is 1. The molecule has 0 unspecified atom stereocenters. The number of anilines is 1. The highest BCUT2D eigenvalue weighted by molar-refractivity contribution is 5.73. The van der Waals surface area contributed by atoms with E-state index in [4.69, 9.17) is 5.73 Å². The van der Waals surface area contributed by atoms with Crippen LogP contribution in [0.25, 0.3) is 6.08 Å². The summed E-state index contributed by atoms with van der Waals surface area (Å²) in [7, 11) is 0. The molecule has 2 nitrogen and oxygen atoms in total. The molecule has 0 radical (unpaired) electrons. The Morgan fingerprint density at radius 1 is 1.20 bits per heavy atom. The third-order valence-corrected chi connectivity index (χ3v) is 2.72. The number of benzene rings is 1. The van der Waals surface area contributed by atoms with Crippen LogP contribution in [0.4, 0.5) is 5.69 Å². The standard InChI is InChI=1S/C13H18N2/c1-13(2,3)15-9-11(14)8-10-6-4-5-7-12(10)15/h4-8H,9,14H2,1-3H3. The molecule has 0 saturated heterocycles. The summed E-state index contributed by atoms with van der Waals surface area (Å²) >= 11 is 0. The molecule has 0 aliphatic carbocycles. The van der Waals surface area contributed by atoms with Crippen molar-refractivity contribution < 1.29 is 0 Å². The van der Waals surface area contributed by atoms with E-state index in [9.17, 15) is 0 Å². The van der Waals surface area contributed by atoms with Crippen LogP contribution in [0.3, 0.4) is 0 Å². The lowest BCUT2D eigenvalue weighted by molar-refractivity contribution is 0.515. The van der Waals surface area contributed by atoms with Gasteiger partial charge in [-0.25, -0.2) is 0 Å². The third kappa shape index (κ3) is 1.84. The summed E-state index contributed by atoms with van der Waals surface area (Å²) in [5.74, 6) is 0. The van der Waals surface area contributed by atoms with E-state index >= 15 is 0 Å². The summed E-state index contributed by atoms with van der Waals surface area (Å²) in [6.45, 7) is 7.45. The second kappa shape index (κ2) is 3.30.